The van der Waals surface area contributed by atoms with Crippen molar-refractivity contribution in [3.63, 3.8) is 0 Å². The van der Waals surface area contributed by atoms with E-state index in [0.29, 0.717) is 34.7 Å². The van der Waals surface area contributed by atoms with Crippen molar-refractivity contribution in [1.29, 1.82) is 0 Å². The topological polar surface area (TPSA) is 108 Å². The number of likely N-dealkylation sites (N-methyl/N-ethyl adjacent to an activating group) is 1. The van der Waals surface area contributed by atoms with Crippen LogP contribution < -0.4 is 15.0 Å². The Bertz CT molecular complexity index is 905. The molecule has 2 aromatic rings. The van der Waals surface area contributed by atoms with Gasteiger partial charge in [0.05, 0.1) is 0 Å². The van der Waals surface area contributed by atoms with Crippen molar-refractivity contribution < 1.29 is 19.7 Å². The van der Waals surface area contributed by atoms with Crippen molar-refractivity contribution >= 4 is 23.4 Å². The molecule has 0 amide bonds. The fourth-order valence-electron chi connectivity index (χ4n) is 3.77. The van der Waals surface area contributed by atoms with Crippen LogP contribution in [0.2, 0.25) is 5.02 Å². The Labute approximate surface area is 187 Å². The summed E-state index contributed by atoms with van der Waals surface area (Å²) >= 11 is 6.27. The SMILES string of the molecule is CNCC(O)COc1cc(Cl)cc(-c2nc(C(=O)O)cc(N(C)C3CCCCC3)n2)c1. The lowest BCUT2D eigenvalue weighted by Gasteiger charge is -2.32. The molecular formula is C22H29ClN4O4. The van der Waals surface area contributed by atoms with E-state index < -0.39 is 12.1 Å². The van der Waals surface area contributed by atoms with Crippen LogP contribution in [0.3, 0.4) is 0 Å². The van der Waals surface area contributed by atoms with Gasteiger partial charge in [0.2, 0.25) is 0 Å². The molecule has 168 valence electrons. The fourth-order valence-corrected chi connectivity index (χ4v) is 4.00. The zero-order valence-corrected chi connectivity index (χ0v) is 18.6. The second-order valence-electron chi connectivity index (χ2n) is 7.84. The van der Waals surface area contributed by atoms with Crippen LogP contribution in [0.1, 0.15) is 42.6 Å². The molecular weight excluding hydrogens is 420 g/mol. The molecule has 0 radical (unpaired) electrons. The Balaban J connectivity index is 1.92. The third-order valence-corrected chi connectivity index (χ3v) is 5.65. The highest BCUT2D eigenvalue weighted by molar-refractivity contribution is 6.31. The van der Waals surface area contributed by atoms with Crippen LogP contribution in [0.4, 0.5) is 5.82 Å². The van der Waals surface area contributed by atoms with Crippen molar-refractivity contribution in [2.45, 2.75) is 44.2 Å². The number of carboxylic acids is 1. The van der Waals surface area contributed by atoms with Gasteiger partial charge in [0, 0.05) is 36.3 Å². The molecule has 0 bridgehead atoms. The second-order valence-corrected chi connectivity index (χ2v) is 8.28. The summed E-state index contributed by atoms with van der Waals surface area (Å²) in [5.74, 6) is 0.168. The molecule has 1 aromatic heterocycles. The molecule has 1 aromatic carbocycles. The molecule has 1 unspecified atom stereocenters. The highest BCUT2D eigenvalue weighted by atomic mass is 35.5. The summed E-state index contributed by atoms with van der Waals surface area (Å²) in [6.07, 6.45) is 4.99. The quantitative estimate of drug-likeness (QED) is 0.536. The number of halogens is 1. The first-order valence-electron chi connectivity index (χ1n) is 10.5. The maximum Gasteiger partial charge on any atom is 0.354 e. The first-order chi connectivity index (χ1) is 14.9. The average Bonchev–Trinajstić information content (AvgIpc) is 2.77. The standard InChI is InChI=1S/C22H29ClN4O4/c1-24-12-17(28)13-31-18-9-14(8-15(23)10-18)21-25-19(22(29)30)11-20(26-21)27(2)16-6-4-3-5-7-16/h8-11,16-17,24,28H,3-7,12-13H2,1-2H3,(H,29,30). The van der Waals surface area contributed by atoms with E-state index in [9.17, 15) is 15.0 Å². The minimum Gasteiger partial charge on any atom is -0.491 e. The Kier molecular flexibility index (Phi) is 8.06. The summed E-state index contributed by atoms with van der Waals surface area (Å²) < 4.78 is 5.66. The maximum atomic E-state index is 11.7. The third-order valence-electron chi connectivity index (χ3n) is 5.43. The number of anilines is 1. The van der Waals surface area contributed by atoms with E-state index >= 15 is 0 Å². The molecule has 1 heterocycles. The number of rotatable bonds is 9. The number of benzene rings is 1. The van der Waals surface area contributed by atoms with Gasteiger partial charge >= 0.3 is 5.97 Å². The van der Waals surface area contributed by atoms with Gasteiger partial charge in [0.1, 0.15) is 24.3 Å². The average molecular weight is 449 g/mol. The van der Waals surface area contributed by atoms with Gasteiger partial charge in [0.15, 0.2) is 11.5 Å². The van der Waals surface area contributed by atoms with E-state index in [4.69, 9.17) is 16.3 Å². The first-order valence-corrected chi connectivity index (χ1v) is 10.9. The smallest absolute Gasteiger partial charge is 0.354 e. The summed E-state index contributed by atoms with van der Waals surface area (Å²) in [6.45, 7) is 0.486. The number of hydrogen-bond acceptors (Lipinski definition) is 7. The van der Waals surface area contributed by atoms with Crippen LogP contribution in [-0.2, 0) is 0 Å². The Morgan fingerprint density at radius 3 is 2.68 bits per heavy atom. The molecule has 8 nitrogen and oxygen atoms in total. The van der Waals surface area contributed by atoms with E-state index in [2.05, 4.69) is 15.3 Å². The number of carboxylic acid groups (broad SMARTS) is 1. The molecule has 1 aliphatic rings. The number of aliphatic hydroxyl groups is 1. The molecule has 0 saturated heterocycles. The molecule has 31 heavy (non-hydrogen) atoms. The largest absolute Gasteiger partial charge is 0.491 e. The molecule has 3 rings (SSSR count). The summed E-state index contributed by atoms with van der Waals surface area (Å²) in [4.78, 5) is 22.6. The number of aromatic carboxylic acids is 1. The Morgan fingerprint density at radius 1 is 1.26 bits per heavy atom. The van der Waals surface area contributed by atoms with Gasteiger partial charge in [0.25, 0.3) is 0 Å². The van der Waals surface area contributed by atoms with Crippen molar-refractivity contribution in [1.82, 2.24) is 15.3 Å². The normalized spacial score (nSPS) is 15.5. The Morgan fingerprint density at radius 2 is 2.00 bits per heavy atom. The van der Waals surface area contributed by atoms with E-state index in [1.165, 1.54) is 12.5 Å². The maximum absolute atomic E-state index is 11.7. The van der Waals surface area contributed by atoms with Crippen LogP contribution in [0, 0.1) is 0 Å². The van der Waals surface area contributed by atoms with Crippen LogP contribution in [0.5, 0.6) is 5.75 Å². The number of carbonyl (C=O) groups is 1. The number of aromatic nitrogens is 2. The highest BCUT2D eigenvalue weighted by Gasteiger charge is 2.22. The minimum atomic E-state index is -1.12. The molecule has 1 fully saturated rings. The van der Waals surface area contributed by atoms with Crippen LogP contribution in [0.15, 0.2) is 24.3 Å². The van der Waals surface area contributed by atoms with Gasteiger partial charge in [-0.05, 0) is 38.1 Å². The van der Waals surface area contributed by atoms with Crippen LogP contribution in [-0.4, -0.2) is 65.5 Å². The van der Waals surface area contributed by atoms with Gasteiger partial charge < -0.3 is 25.2 Å². The lowest BCUT2D eigenvalue weighted by Crippen LogP contribution is -2.34. The molecule has 1 atom stereocenters. The third kappa shape index (κ3) is 6.29. The number of ether oxygens (including phenoxy) is 1. The second kappa shape index (κ2) is 10.7. The van der Waals surface area contributed by atoms with Gasteiger partial charge in [-0.1, -0.05) is 30.9 Å². The van der Waals surface area contributed by atoms with Crippen molar-refractivity contribution in [3.05, 3.63) is 35.0 Å². The Hall–Kier alpha value is -2.42. The van der Waals surface area contributed by atoms with E-state index in [-0.39, 0.29) is 18.1 Å². The van der Waals surface area contributed by atoms with Gasteiger partial charge in [-0.25, -0.2) is 14.8 Å². The van der Waals surface area contributed by atoms with Crippen LogP contribution in [0.25, 0.3) is 11.4 Å². The van der Waals surface area contributed by atoms with E-state index in [0.717, 1.165) is 25.7 Å². The fraction of sp³-hybridized carbons (Fsp3) is 0.500. The molecule has 1 saturated carbocycles. The zero-order chi connectivity index (χ0) is 22.4. The lowest BCUT2D eigenvalue weighted by molar-refractivity contribution is 0.0690. The number of nitrogens with one attached hydrogen (secondary N) is 1. The predicted octanol–water partition coefficient (Wildman–Crippen LogP) is 3.22. The van der Waals surface area contributed by atoms with E-state index in [1.807, 2.05) is 11.9 Å². The molecule has 0 spiro atoms. The van der Waals surface area contributed by atoms with Crippen molar-refractivity contribution in [2.24, 2.45) is 0 Å². The number of hydrogen-bond donors (Lipinski definition) is 3. The number of aliphatic hydroxyl groups excluding tert-OH is 1. The molecule has 9 heteroatoms. The number of nitrogens with zero attached hydrogens (tertiary/aromatic N) is 3. The minimum absolute atomic E-state index is 0.0745. The van der Waals surface area contributed by atoms with Crippen molar-refractivity contribution in [3.8, 4) is 17.1 Å². The van der Waals surface area contributed by atoms with Gasteiger partial charge in [-0.3, -0.25) is 0 Å². The van der Waals surface area contributed by atoms with Gasteiger partial charge in [-0.2, -0.15) is 0 Å². The summed E-state index contributed by atoms with van der Waals surface area (Å²) in [6, 6.07) is 6.83. The van der Waals surface area contributed by atoms with E-state index in [1.54, 1.807) is 25.2 Å². The summed E-state index contributed by atoms with van der Waals surface area (Å²) in [5, 5.41) is 22.7. The monoisotopic (exact) mass is 448 g/mol. The van der Waals surface area contributed by atoms with Gasteiger partial charge in [-0.15, -0.1) is 0 Å². The highest BCUT2D eigenvalue weighted by Crippen LogP contribution is 2.30. The van der Waals surface area contributed by atoms with Crippen molar-refractivity contribution in [2.75, 3.05) is 32.1 Å². The molecule has 0 aliphatic heterocycles. The molecule has 3 N–H and O–H groups in total. The summed E-state index contributed by atoms with van der Waals surface area (Å²) in [5.41, 5.74) is 0.474. The van der Waals surface area contributed by atoms with Crippen LogP contribution >= 0.6 is 11.6 Å². The summed E-state index contributed by atoms with van der Waals surface area (Å²) in [7, 11) is 3.69. The lowest BCUT2D eigenvalue weighted by atomic mass is 9.94. The predicted molar refractivity (Wildman–Crippen MR) is 120 cm³/mol. The molecule has 1 aliphatic carbocycles. The first kappa shape index (κ1) is 23.2. The zero-order valence-electron chi connectivity index (χ0n) is 17.8.